The second kappa shape index (κ2) is 5.48. The van der Waals surface area contributed by atoms with E-state index >= 15 is 0 Å². The van der Waals surface area contributed by atoms with E-state index in [1.54, 1.807) is 6.92 Å². The summed E-state index contributed by atoms with van der Waals surface area (Å²) in [5.41, 5.74) is -5.48. The minimum atomic E-state index is -5.69. The van der Waals surface area contributed by atoms with Crippen LogP contribution in [0.15, 0.2) is 11.8 Å². The molecule has 11 heteroatoms. The van der Waals surface area contributed by atoms with E-state index in [2.05, 4.69) is 4.18 Å². The number of hydrogen-bond acceptors (Lipinski definition) is 5. The lowest BCUT2D eigenvalue weighted by Gasteiger charge is -2.29. The van der Waals surface area contributed by atoms with Gasteiger partial charge in [-0.2, -0.15) is 21.6 Å². The molecule has 2 rings (SSSR count). The molecule has 0 aromatic carbocycles. The van der Waals surface area contributed by atoms with Crippen LogP contribution in [0.3, 0.4) is 0 Å². The zero-order chi connectivity index (χ0) is 16.0. The molecule has 1 fully saturated rings. The van der Waals surface area contributed by atoms with E-state index in [1.165, 1.54) is 4.90 Å². The SMILES string of the molecule is C[C@H](I)[C@H]1OC(=O)N2CC=C(OS(=O)(=O)C(F)(F)F)C[C@H]12. The van der Waals surface area contributed by atoms with E-state index in [0.717, 1.165) is 6.08 Å². The Morgan fingerprint density at radius 2 is 2.14 bits per heavy atom. The first-order valence-corrected chi connectivity index (χ1v) is 8.49. The van der Waals surface area contributed by atoms with Crippen LogP contribution in [0.4, 0.5) is 18.0 Å². The Morgan fingerprint density at radius 3 is 2.67 bits per heavy atom. The van der Waals surface area contributed by atoms with Crippen molar-refractivity contribution in [3.8, 4) is 0 Å². The van der Waals surface area contributed by atoms with Crippen LogP contribution in [0.25, 0.3) is 0 Å². The fourth-order valence-electron chi connectivity index (χ4n) is 2.16. The predicted octanol–water partition coefficient (Wildman–Crippen LogP) is 2.15. The summed E-state index contributed by atoms with van der Waals surface area (Å²) in [6, 6.07) is -0.534. The third-order valence-corrected chi connectivity index (χ3v) is 4.84. The molecule has 0 saturated carbocycles. The van der Waals surface area contributed by atoms with Gasteiger partial charge in [0.25, 0.3) is 0 Å². The van der Waals surface area contributed by atoms with Crippen molar-refractivity contribution >= 4 is 38.8 Å². The van der Waals surface area contributed by atoms with Crippen molar-refractivity contribution in [1.29, 1.82) is 0 Å². The fraction of sp³-hybridized carbons (Fsp3) is 0.700. The van der Waals surface area contributed by atoms with Gasteiger partial charge in [-0.15, -0.1) is 0 Å². The van der Waals surface area contributed by atoms with Crippen LogP contribution in [0, 0.1) is 0 Å². The molecule has 2 aliphatic heterocycles. The highest BCUT2D eigenvalue weighted by atomic mass is 127. The fourth-order valence-corrected chi connectivity index (χ4v) is 3.30. The van der Waals surface area contributed by atoms with Gasteiger partial charge in [-0.05, 0) is 13.0 Å². The van der Waals surface area contributed by atoms with E-state index in [4.69, 9.17) is 4.74 Å². The summed E-state index contributed by atoms with van der Waals surface area (Å²) in [4.78, 5) is 12.9. The quantitative estimate of drug-likeness (QED) is 0.291. The second-order valence-corrected chi connectivity index (χ2v) is 8.11. The van der Waals surface area contributed by atoms with Gasteiger partial charge in [0.15, 0.2) is 0 Å². The molecular formula is C10H11F3INO5S. The number of amides is 1. The highest BCUT2D eigenvalue weighted by molar-refractivity contribution is 14.1. The van der Waals surface area contributed by atoms with Gasteiger partial charge in [0.05, 0.1) is 6.04 Å². The number of carbonyl (C=O) groups excluding carboxylic acids is 1. The molecular weight excluding hydrogens is 430 g/mol. The predicted molar refractivity (Wildman–Crippen MR) is 73.0 cm³/mol. The standard InChI is InChI=1S/C10H11F3INO5S/c1-5(14)8-7-4-6(2-3-15(7)9(16)19-8)20-21(17,18)10(11,12)13/h2,5,7-8H,3-4H2,1H3/t5-,7+,8+/m0/s1. The van der Waals surface area contributed by atoms with Gasteiger partial charge >= 0.3 is 21.7 Å². The van der Waals surface area contributed by atoms with Crippen molar-refractivity contribution in [3.63, 3.8) is 0 Å². The number of nitrogens with zero attached hydrogens (tertiary/aromatic N) is 1. The molecule has 0 aromatic heterocycles. The van der Waals surface area contributed by atoms with Crippen LogP contribution in [0.2, 0.25) is 0 Å². The van der Waals surface area contributed by atoms with Crippen molar-refractivity contribution in [2.75, 3.05) is 6.54 Å². The first kappa shape index (κ1) is 16.6. The summed E-state index contributed by atoms with van der Waals surface area (Å²) in [6.45, 7) is 1.74. The Morgan fingerprint density at radius 1 is 1.52 bits per heavy atom. The third-order valence-electron chi connectivity index (χ3n) is 3.13. The number of halogens is 4. The molecule has 1 amide bonds. The molecule has 2 heterocycles. The Bertz CT molecular complexity index is 574. The molecule has 21 heavy (non-hydrogen) atoms. The summed E-state index contributed by atoms with van der Waals surface area (Å²) < 4.78 is 68.0. The molecule has 0 N–H and O–H groups in total. The topological polar surface area (TPSA) is 72.9 Å². The second-order valence-electron chi connectivity index (χ2n) is 4.60. The zero-order valence-electron chi connectivity index (χ0n) is 10.6. The number of cyclic esters (lactones) is 1. The molecule has 1 saturated heterocycles. The number of ether oxygens (including phenoxy) is 1. The summed E-state index contributed by atoms with van der Waals surface area (Å²) in [5.74, 6) is -0.325. The summed E-state index contributed by atoms with van der Waals surface area (Å²) in [5, 5.41) is 0. The maximum absolute atomic E-state index is 12.3. The van der Waals surface area contributed by atoms with Crippen LogP contribution < -0.4 is 0 Å². The van der Waals surface area contributed by atoms with Crippen LogP contribution in [-0.2, 0) is 19.0 Å². The molecule has 2 aliphatic rings. The lowest BCUT2D eigenvalue weighted by atomic mass is 10.0. The lowest BCUT2D eigenvalue weighted by Crippen LogP contribution is -2.42. The van der Waals surface area contributed by atoms with Gasteiger partial charge in [0, 0.05) is 16.9 Å². The largest absolute Gasteiger partial charge is 0.534 e. The molecule has 0 radical (unpaired) electrons. The lowest BCUT2D eigenvalue weighted by molar-refractivity contribution is -0.0526. The smallest absolute Gasteiger partial charge is 0.443 e. The van der Waals surface area contributed by atoms with E-state index in [0.29, 0.717) is 0 Å². The van der Waals surface area contributed by atoms with E-state index in [1.807, 2.05) is 22.6 Å². The number of carbonyl (C=O) groups is 1. The number of rotatable bonds is 3. The minimum absolute atomic E-state index is 0.0495. The zero-order valence-corrected chi connectivity index (χ0v) is 13.6. The summed E-state index contributed by atoms with van der Waals surface area (Å²) >= 11 is 2.03. The maximum Gasteiger partial charge on any atom is 0.534 e. The van der Waals surface area contributed by atoms with Crippen molar-refractivity contribution in [2.45, 2.75) is 34.9 Å². The number of fused-ring (bicyclic) bond motifs is 1. The van der Waals surface area contributed by atoms with Crippen LogP contribution in [0.1, 0.15) is 13.3 Å². The van der Waals surface area contributed by atoms with Gasteiger partial charge in [-0.25, -0.2) is 4.79 Å². The van der Waals surface area contributed by atoms with Crippen molar-refractivity contribution in [1.82, 2.24) is 4.90 Å². The van der Waals surface area contributed by atoms with Crippen LogP contribution >= 0.6 is 22.6 Å². The van der Waals surface area contributed by atoms with Gasteiger partial charge in [-0.3, -0.25) is 4.90 Å². The van der Waals surface area contributed by atoms with Gasteiger partial charge in [0.2, 0.25) is 0 Å². The Balaban J connectivity index is 2.17. The van der Waals surface area contributed by atoms with E-state index < -0.39 is 33.9 Å². The number of hydrogen-bond donors (Lipinski definition) is 0. The molecule has 0 spiro atoms. The first-order chi connectivity index (χ1) is 9.53. The average molecular weight is 441 g/mol. The molecule has 0 aromatic rings. The van der Waals surface area contributed by atoms with E-state index in [-0.39, 0.29) is 22.6 Å². The Labute approximate surface area is 132 Å². The van der Waals surface area contributed by atoms with Crippen LogP contribution in [-0.4, -0.2) is 47.5 Å². The minimum Gasteiger partial charge on any atom is -0.443 e. The molecule has 0 bridgehead atoms. The van der Waals surface area contributed by atoms with Crippen molar-refractivity contribution in [3.05, 3.63) is 11.8 Å². The van der Waals surface area contributed by atoms with Gasteiger partial charge < -0.3 is 8.92 Å². The summed E-state index contributed by atoms with van der Waals surface area (Å²) in [6.07, 6.45) is -0.0955. The van der Waals surface area contributed by atoms with E-state index in [9.17, 15) is 26.4 Å². The van der Waals surface area contributed by atoms with Crippen LogP contribution in [0.5, 0.6) is 0 Å². The Hall–Kier alpha value is -0.720. The molecule has 3 atom stereocenters. The first-order valence-electron chi connectivity index (χ1n) is 5.84. The van der Waals surface area contributed by atoms with Crippen molar-refractivity contribution in [2.24, 2.45) is 0 Å². The van der Waals surface area contributed by atoms with Gasteiger partial charge in [0.1, 0.15) is 11.9 Å². The normalized spacial score (nSPS) is 27.8. The van der Waals surface area contributed by atoms with Crippen molar-refractivity contribution < 1.29 is 35.3 Å². The molecule has 0 aliphatic carbocycles. The highest BCUT2D eigenvalue weighted by Crippen LogP contribution is 2.35. The average Bonchev–Trinajstić information content (AvgIpc) is 2.64. The third kappa shape index (κ3) is 3.22. The highest BCUT2D eigenvalue weighted by Gasteiger charge is 2.51. The number of alkyl halides is 4. The molecule has 0 unspecified atom stereocenters. The molecule has 120 valence electrons. The van der Waals surface area contributed by atoms with Gasteiger partial charge in [-0.1, -0.05) is 22.6 Å². The summed E-state index contributed by atoms with van der Waals surface area (Å²) in [7, 11) is -5.69. The monoisotopic (exact) mass is 441 g/mol. The Kier molecular flexibility index (Phi) is 4.35. The molecule has 6 nitrogen and oxygen atoms in total. The maximum atomic E-state index is 12.3.